The van der Waals surface area contributed by atoms with Crippen molar-refractivity contribution < 1.29 is 53.0 Å². The zero-order valence-electron chi connectivity index (χ0n) is 9.56. The summed E-state index contributed by atoms with van der Waals surface area (Å²) in [5.41, 5.74) is -5.61. The number of halogens is 11. The lowest BCUT2D eigenvalue weighted by atomic mass is 9.88. The quantitative estimate of drug-likeness (QED) is 0.421. The van der Waals surface area contributed by atoms with Gasteiger partial charge in [-0.1, -0.05) is 6.08 Å². The van der Waals surface area contributed by atoms with Gasteiger partial charge in [0.05, 0.1) is 0 Å². The molecule has 1 aliphatic rings. The predicted molar refractivity (Wildman–Crippen MR) is 44.5 cm³/mol. The molecule has 0 N–H and O–H groups in total. The number of hydrogen-bond acceptors (Lipinski definition) is 1. The number of epoxide rings is 1. The molecule has 0 aromatic rings. The van der Waals surface area contributed by atoms with E-state index in [2.05, 4.69) is 11.3 Å². The Morgan fingerprint density at radius 1 is 0.905 bits per heavy atom. The van der Waals surface area contributed by atoms with E-state index in [1.165, 1.54) is 0 Å². The monoisotopic (exact) mass is 338 g/mol. The van der Waals surface area contributed by atoms with Crippen LogP contribution in [0.1, 0.15) is 6.42 Å². The van der Waals surface area contributed by atoms with E-state index in [4.69, 9.17) is 0 Å². The van der Waals surface area contributed by atoms with Gasteiger partial charge in [-0.05, 0) is 0 Å². The van der Waals surface area contributed by atoms with Crippen LogP contribution in [-0.2, 0) is 4.74 Å². The molecule has 12 heteroatoms. The Morgan fingerprint density at radius 3 is 1.62 bits per heavy atom. The maximum absolute atomic E-state index is 13.5. The van der Waals surface area contributed by atoms with Crippen molar-refractivity contribution in [3.63, 3.8) is 0 Å². The van der Waals surface area contributed by atoms with Crippen molar-refractivity contribution in [3.05, 3.63) is 12.7 Å². The van der Waals surface area contributed by atoms with Crippen molar-refractivity contribution in [1.82, 2.24) is 0 Å². The molecule has 1 heterocycles. The first-order chi connectivity index (χ1) is 9.02. The van der Waals surface area contributed by atoms with Crippen molar-refractivity contribution in [3.8, 4) is 0 Å². The minimum Gasteiger partial charge on any atom is -0.311 e. The average Bonchev–Trinajstić information content (AvgIpc) is 2.86. The van der Waals surface area contributed by atoms with Gasteiger partial charge in [-0.25, -0.2) is 13.2 Å². The molecule has 0 amide bonds. The van der Waals surface area contributed by atoms with Crippen LogP contribution in [-0.4, -0.2) is 35.7 Å². The Labute approximate surface area is 109 Å². The van der Waals surface area contributed by atoms with Crippen LogP contribution in [0.4, 0.5) is 48.3 Å². The Hall–Kier alpha value is -1.07. The van der Waals surface area contributed by atoms with E-state index in [9.17, 15) is 48.3 Å². The van der Waals surface area contributed by atoms with Gasteiger partial charge < -0.3 is 4.74 Å². The summed E-state index contributed by atoms with van der Waals surface area (Å²) in [5.74, 6) is -18.2. The van der Waals surface area contributed by atoms with Crippen molar-refractivity contribution in [2.75, 3.05) is 0 Å². The summed E-state index contributed by atoms with van der Waals surface area (Å²) in [7, 11) is 0. The molecule has 1 rings (SSSR count). The molecule has 21 heavy (non-hydrogen) atoms. The zero-order valence-corrected chi connectivity index (χ0v) is 9.56. The van der Waals surface area contributed by atoms with Crippen LogP contribution in [0.3, 0.4) is 0 Å². The Morgan fingerprint density at radius 2 is 1.33 bits per heavy atom. The second-order valence-corrected chi connectivity index (χ2v) is 4.15. The maximum Gasteiger partial charge on any atom is 0.459 e. The SMILES string of the molecule is C=CCC(F)(F)C1(C(F)(F)F)OC1(F)C(F)(F)C(F)(F)F. The van der Waals surface area contributed by atoms with Crippen LogP contribution >= 0.6 is 0 Å². The normalized spacial score (nSPS) is 31.2. The first kappa shape index (κ1) is 18.0. The fourth-order valence-corrected chi connectivity index (χ4v) is 1.74. The highest BCUT2D eigenvalue weighted by Gasteiger charge is 3.03. The lowest BCUT2D eigenvalue weighted by Gasteiger charge is -2.29. The lowest BCUT2D eigenvalue weighted by Crippen LogP contribution is -2.60. The smallest absolute Gasteiger partial charge is 0.311 e. The van der Waals surface area contributed by atoms with E-state index in [1.54, 1.807) is 0 Å². The molecular formula is C9H5F11O. The second kappa shape index (κ2) is 4.23. The van der Waals surface area contributed by atoms with E-state index in [0.29, 0.717) is 0 Å². The third-order valence-corrected chi connectivity index (χ3v) is 2.78. The van der Waals surface area contributed by atoms with E-state index < -0.39 is 42.1 Å². The Balaban J connectivity index is 3.47. The molecule has 0 radical (unpaired) electrons. The number of rotatable bonds is 4. The molecule has 0 saturated carbocycles. The number of ether oxygens (including phenoxy) is 1. The number of alkyl halides is 11. The highest BCUT2D eigenvalue weighted by molar-refractivity contribution is 5.27. The minimum absolute atomic E-state index is 0.0985. The fraction of sp³-hybridized carbons (Fsp3) is 0.778. The molecule has 0 spiro atoms. The minimum atomic E-state index is -6.86. The molecule has 124 valence electrons. The summed E-state index contributed by atoms with van der Waals surface area (Å²) in [6.07, 6.45) is -15.3. The molecule has 2 unspecified atom stereocenters. The first-order valence-corrected chi connectivity index (χ1v) is 4.91. The topological polar surface area (TPSA) is 12.5 Å². The molecule has 1 saturated heterocycles. The second-order valence-electron chi connectivity index (χ2n) is 4.15. The third kappa shape index (κ3) is 2.01. The predicted octanol–water partition coefficient (Wildman–Crippen LogP) is 4.39. The Kier molecular flexibility index (Phi) is 3.62. The largest absolute Gasteiger partial charge is 0.459 e. The van der Waals surface area contributed by atoms with Crippen LogP contribution in [0.5, 0.6) is 0 Å². The molecule has 0 aliphatic carbocycles. The fourth-order valence-electron chi connectivity index (χ4n) is 1.74. The van der Waals surface area contributed by atoms with Gasteiger partial charge in [0, 0.05) is 6.42 Å². The van der Waals surface area contributed by atoms with E-state index in [1.807, 2.05) is 0 Å². The molecule has 1 nitrogen and oxygen atoms in total. The van der Waals surface area contributed by atoms with E-state index in [-0.39, 0.29) is 6.08 Å². The summed E-state index contributed by atoms with van der Waals surface area (Å²) >= 11 is 0. The van der Waals surface area contributed by atoms with Gasteiger partial charge in [0.2, 0.25) is 0 Å². The van der Waals surface area contributed by atoms with Crippen LogP contribution in [0.15, 0.2) is 12.7 Å². The molecule has 1 aliphatic heterocycles. The van der Waals surface area contributed by atoms with Gasteiger partial charge in [-0.3, -0.25) is 0 Å². The molecule has 0 bridgehead atoms. The van der Waals surface area contributed by atoms with Crippen molar-refractivity contribution in [2.45, 2.75) is 42.1 Å². The lowest BCUT2D eigenvalue weighted by molar-refractivity contribution is -0.332. The first-order valence-electron chi connectivity index (χ1n) is 4.91. The van der Waals surface area contributed by atoms with Gasteiger partial charge in [-0.15, -0.1) is 6.58 Å². The summed E-state index contributed by atoms with van der Waals surface area (Å²) in [6.45, 7) is 2.59. The molecule has 0 aromatic carbocycles. The molecule has 2 atom stereocenters. The number of hydrogen-bond donors (Lipinski definition) is 0. The average molecular weight is 338 g/mol. The van der Waals surface area contributed by atoms with Crippen LogP contribution in [0.25, 0.3) is 0 Å². The summed E-state index contributed by atoms with van der Waals surface area (Å²) in [4.78, 5) is 0. The maximum atomic E-state index is 13.5. The van der Waals surface area contributed by atoms with Gasteiger partial charge in [0.25, 0.3) is 11.5 Å². The van der Waals surface area contributed by atoms with Crippen molar-refractivity contribution in [1.29, 1.82) is 0 Å². The van der Waals surface area contributed by atoms with Crippen LogP contribution in [0.2, 0.25) is 0 Å². The van der Waals surface area contributed by atoms with Crippen molar-refractivity contribution >= 4 is 0 Å². The van der Waals surface area contributed by atoms with Crippen molar-refractivity contribution in [2.24, 2.45) is 0 Å². The third-order valence-electron chi connectivity index (χ3n) is 2.78. The number of allylic oxidation sites excluding steroid dienone is 1. The van der Waals surface area contributed by atoms with Gasteiger partial charge in [0.1, 0.15) is 0 Å². The van der Waals surface area contributed by atoms with Gasteiger partial charge in [-0.2, -0.15) is 35.1 Å². The highest BCUT2D eigenvalue weighted by Crippen LogP contribution is 2.72. The van der Waals surface area contributed by atoms with Crippen LogP contribution in [0, 0.1) is 0 Å². The van der Waals surface area contributed by atoms with E-state index >= 15 is 0 Å². The van der Waals surface area contributed by atoms with Gasteiger partial charge in [0.15, 0.2) is 0 Å². The van der Waals surface area contributed by atoms with E-state index in [0.717, 1.165) is 0 Å². The molecule has 0 aromatic heterocycles. The molecular weight excluding hydrogens is 333 g/mol. The highest BCUT2D eigenvalue weighted by atomic mass is 19.4. The van der Waals surface area contributed by atoms with Gasteiger partial charge >= 0.3 is 24.1 Å². The Bertz CT molecular complexity index is 436. The molecule has 1 fully saturated rings. The summed E-state index contributed by atoms with van der Waals surface area (Å²) < 4.78 is 142. The standard InChI is InChI=1S/C9H5F11O/c1-2-3-4(10,11)5(8(15,16)17)7(14,21-5)6(12,13)9(18,19)20/h2H,1,3H2. The summed E-state index contributed by atoms with van der Waals surface area (Å²) in [5, 5.41) is 0. The zero-order chi connectivity index (χ0) is 17.1. The summed E-state index contributed by atoms with van der Waals surface area (Å²) in [6, 6.07) is 0. The van der Waals surface area contributed by atoms with Crippen LogP contribution < -0.4 is 0 Å².